The molecular formula is C19H29N3O2S. The number of nitrogens with zero attached hydrogens (tertiary/aromatic N) is 3. The lowest BCUT2D eigenvalue weighted by molar-refractivity contribution is 0.202. The Kier molecular flexibility index (Phi) is 5.58. The van der Waals surface area contributed by atoms with Crippen LogP contribution in [0.4, 0.5) is 0 Å². The minimum absolute atomic E-state index is 0.0330. The summed E-state index contributed by atoms with van der Waals surface area (Å²) in [6, 6.07) is 5.52. The van der Waals surface area contributed by atoms with Gasteiger partial charge in [0.25, 0.3) is 0 Å². The van der Waals surface area contributed by atoms with E-state index in [-0.39, 0.29) is 17.3 Å². The number of sulfonamides is 1. The van der Waals surface area contributed by atoms with Crippen molar-refractivity contribution in [2.24, 2.45) is 10.9 Å². The Hall–Kier alpha value is -1.27. The van der Waals surface area contributed by atoms with E-state index in [0.717, 1.165) is 44.4 Å². The smallest absolute Gasteiger partial charge is 0.220 e. The molecule has 0 amide bonds. The van der Waals surface area contributed by atoms with Gasteiger partial charge >= 0.3 is 0 Å². The van der Waals surface area contributed by atoms with E-state index >= 15 is 0 Å². The first-order chi connectivity index (χ1) is 12.0. The van der Waals surface area contributed by atoms with Gasteiger partial charge in [-0.3, -0.25) is 9.98 Å². The quantitative estimate of drug-likeness (QED) is 0.665. The molecule has 1 aromatic rings. The van der Waals surface area contributed by atoms with Gasteiger partial charge in [-0.15, -0.1) is 0 Å². The minimum Gasteiger partial charge on any atom is -0.293 e. The van der Waals surface area contributed by atoms with Crippen LogP contribution in [-0.4, -0.2) is 42.6 Å². The van der Waals surface area contributed by atoms with Crippen molar-refractivity contribution in [1.29, 1.82) is 0 Å². The minimum atomic E-state index is -3.42. The highest BCUT2D eigenvalue weighted by molar-refractivity contribution is 7.88. The van der Waals surface area contributed by atoms with Crippen molar-refractivity contribution in [3.63, 3.8) is 0 Å². The molecule has 2 aliphatic rings. The van der Waals surface area contributed by atoms with Gasteiger partial charge in [-0.25, -0.2) is 8.42 Å². The summed E-state index contributed by atoms with van der Waals surface area (Å²) in [5, 5.41) is 0. The lowest BCUT2D eigenvalue weighted by Crippen LogP contribution is -2.46. The molecule has 1 aromatic heterocycles. The topological polar surface area (TPSA) is 62.6 Å². The summed E-state index contributed by atoms with van der Waals surface area (Å²) >= 11 is 0. The van der Waals surface area contributed by atoms with E-state index in [1.165, 1.54) is 6.42 Å². The van der Waals surface area contributed by atoms with Crippen LogP contribution in [0.3, 0.4) is 0 Å². The SMILES string of the molecule is C=NC1(CN(C2CCC(CC)CC2)S(=O)(=O)Cc2ccccn2)CC1. The number of pyridine rings is 1. The molecule has 6 heteroatoms. The number of aromatic nitrogens is 1. The van der Waals surface area contributed by atoms with Crippen molar-refractivity contribution in [2.45, 2.75) is 69.2 Å². The molecule has 0 atom stereocenters. The van der Waals surface area contributed by atoms with Crippen LogP contribution in [-0.2, 0) is 15.8 Å². The molecule has 0 spiro atoms. The first kappa shape index (κ1) is 18.5. The second kappa shape index (κ2) is 7.54. The van der Waals surface area contributed by atoms with Gasteiger partial charge < -0.3 is 0 Å². The van der Waals surface area contributed by atoms with Crippen LogP contribution >= 0.6 is 0 Å². The fourth-order valence-corrected chi connectivity index (χ4v) is 5.66. The molecule has 3 rings (SSSR count). The van der Waals surface area contributed by atoms with Crippen molar-refractivity contribution in [3.8, 4) is 0 Å². The Balaban J connectivity index is 1.79. The van der Waals surface area contributed by atoms with Gasteiger partial charge in [0.2, 0.25) is 10.0 Å². The molecule has 2 fully saturated rings. The van der Waals surface area contributed by atoms with Gasteiger partial charge in [-0.2, -0.15) is 4.31 Å². The highest BCUT2D eigenvalue weighted by atomic mass is 32.2. The summed E-state index contributed by atoms with van der Waals surface area (Å²) in [7, 11) is -3.42. The van der Waals surface area contributed by atoms with E-state index in [9.17, 15) is 8.42 Å². The van der Waals surface area contributed by atoms with Crippen LogP contribution < -0.4 is 0 Å². The van der Waals surface area contributed by atoms with E-state index < -0.39 is 10.0 Å². The van der Waals surface area contributed by atoms with E-state index in [1.54, 1.807) is 22.6 Å². The zero-order valence-corrected chi connectivity index (χ0v) is 15.9. The molecule has 25 heavy (non-hydrogen) atoms. The van der Waals surface area contributed by atoms with Crippen LogP contribution in [0.25, 0.3) is 0 Å². The van der Waals surface area contributed by atoms with Crippen molar-refractivity contribution in [2.75, 3.05) is 6.54 Å². The van der Waals surface area contributed by atoms with Crippen LogP contribution in [0.1, 0.15) is 57.6 Å². The van der Waals surface area contributed by atoms with E-state index in [0.29, 0.717) is 12.2 Å². The van der Waals surface area contributed by atoms with Gasteiger partial charge in [-0.05, 0) is 63.3 Å². The van der Waals surface area contributed by atoms with Crippen molar-refractivity contribution in [3.05, 3.63) is 30.1 Å². The summed E-state index contributed by atoms with van der Waals surface area (Å²) in [5.41, 5.74) is 0.352. The van der Waals surface area contributed by atoms with E-state index in [2.05, 4.69) is 23.6 Å². The van der Waals surface area contributed by atoms with E-state index in [1.807, 2.05) is 6.07 Å². The van der Waals surface area contributed by atoms with Gasteiger partial charge in [0.1, 0.15) is 5.75 Å². The Labute approximate surface area is 151 Å². The highest BCUT2D eigenvalue weighted by Gasteiger charge is 2.47. The number of hydrogen-bond donors (Lipinski definition) is 0. The maximum atomic E-state index is 13.2. The van der Waals surface area contributed by atoms with Crippen LogP contribution in [0.2, 0.25) is 0 Å². The summed E-state index contributed by atoms with van der Waals surface area (Å²) in [5.74, 6) is 0.707. The van der Waals surface area contributed by atoms with Crippen LogP contribution in [0, 0.1) is 5.92 Å². The largest absolute Gasteiger partial charge is 0.293 e. The summed E-state index contributed by atoms with van der Waals surface area (Å²) < 4.78 is 28.1. The molecule has 138 valence electrons. The standard InChI is InChI=1S/C19H29N3O2S/c1-3-16-7-9-18(10-8-16)22(15-19(20-2)11-12-19)25(23,24)14-17-6-4-5-13-21-17/h4-6,13,16,18H,2-3,7-12,14-15H2,1H3. The fourth-order valence-electron chi connectivity index (χ4n) is 3.85. The number of hydrogen-bond acceptors (Lipinski definition) is 4. The maximum absolute atomic E-state index is 13.2. The molecule has 5 nitrogen and oxygen atoms in total. The summed E-state index contributed by atoms with van der Waals surface area (Å²) in [4.78, 5) is 8.45. The Bertz CT molecular complexity index is 678. The Morgan fingerprint density at radius 3 is 2.52 bits per heavy atom. The Morgan fingerprint density at radius 1 is 1.28 bits per heavy atom. The highest BCUT2D eigenvalue weighted by Crippen LogP contribution is 2.42. The third-order valence-electron chi connectivity index (χ3n) is 5.83. The van der Waals surface area contributed by atoms with Crippen LogP contribution in [0.5, 0.6) is 0 Å². The third-order valence-corrected chi connectivity index (χ3v) is 7.63. The van der Waals surface area contributed by atoms with Gasteiger partial charge in [-0.1, -0.05) is 19.4 Å². The predicted molar refractivity (Wildman–Crippen MR) is 101 cm³/mol. The zero-order valence-electron chi connectivity index (χ0n) is 15.1. The maximum Gasteiger partial charge on any atom is 0.220 e. The average Bonchev–Trinajstić information content (AvgIpc) is 3.41. The van der Waals surface area contributed by atoms with Crippen molar-refractivity contribution >= 4 is 16.7 Å². The van der Waals surface area contributed by atoms with Gasteiger partial charge in [0, 0.05) is 18.8 Å². The first-order valence-corrected chi connectivity index (χ1v) is 11.0. The lowest BCUT2D eigenvalue weighted by Gasteiger charge is -2.37. The summed E-state index contributed by atoms with van der Waals surface area (Å²) in [6.07, 6.45) is 8.85. The summed E-state index contributed by atoms with van der Waals surface area (Å²) in [6.45, 7) is 6.40. The van der Waals surface area contributed by atoms with Crippen molar-refractivity contribution < 1.29 is 8.42 Å². The second-order valence-corrected chi connectivity index (χ2v) is 9.51. The Morgan fingerprint density at radius 2 is 2.00 bits per heavy atom. The molecule has 0 aromatic carbocycles. The molecule has 0 saturated heterocycles. The monoisotopic (exact) mass is 363 g/mol. The molecule has 2 saturated carbocycles. The molecule has 0 aliphatic heterocycles. The number of rotatable bonds is 8. The van der Waals surface area contributed by atoms with Crippen molar-refractivity contribution in [1.82, 2.24) is 9.29 Å². The molecule has 0 radical (unpaired) electrons. The molecule has 0 N–H and O–H groups in total. The normalized spacial score (nSPS) is 25.7. The third kappa shape index (κ3) is 4.47. The predicted octanol–water partition coefficient (Wildman–Crippen LogP) is 3.42. The fraction of sp³-hybridized carbons (Fsp3) is 0.684. The van der Waals surface area contributed by atoms with E-state index in [4.69, 9.17) is 0 Å². The van der Waals surface area contributed by atoms with Gasteiger partial charge in [0.15, 0.2) is 0 Å². The number of aliphatic imine (C=N–C) groups is 1. The molecule has 2 aliphatic carbocycles. The van der Waals surface area contributed by atoms with Gasteiger partial charge in [0.05, 0.1) is 11.2 Å². The molecule has 0 unspecified atom stereocenters. The average molecular weight is 364 g/mol. The lowest BCUT2D eigenvalue weighted by atomic mass is 9.84. The second-order valence-electron chi connectivity index (χ2n) is 7.59. The molecule has 1 heterocycles. The molecular weight excluding hydrogens is 334 g/mol. The first-order valence-electron chi connectivity index (χ1n) is 9.35. The molecule has 0 bridgehead atoms. The van der Waals surface area contributed by atoms with Crippen LogP contribution in [0.15, 0.2) is 29.4 Å². The zero-order chi connectivity index (χ0) is 17.9.